The molecule has 0 aliphatic heterocycles. The topological polar surface area (TPSA) is 42.4 Å². The summed E-state index contributed by atoms with van der Waals surface area (Å²) in [4.78, 5) is 18.5. The van der Waals surface area contributed by atoms with E-state index in [2.05, 4.69) is 11.9 Å². The van der Waals surface area contributed by atoms with E-state index < -0.39 is 0 Å². The van der Waals surface area contributed by atoms with Crippen molar-refractivity contribution in [2.75, 3.05) is 20.3 Å². The van der Waals surface area contributed by atoms with Gasteiger partial charge in [0.1, 0.15) is 10.8 Å². The molecule has 1 amide bonds. The van der Waals surface area contributed by atoms with E-state index in [1.54, 1.807) is 24.1 Å². The van der Waals surface area contributed by atoms with Crippen LogP contribution in [0.3, 0.4) is 0 Å². The SMILES string of the molecule is COCCN(C(=O)c1nc(Cl)ccc1Cl)C(C)C1CC1. The third-order valence-corrected chi connectivity index (χ3v) is 4.12. The van der Waals surface area contributed by atoms with Crippen molar-refractivity contribution in [1.29, 1.82) is 0 Å². The van der Waals surface area contributed by atoms with Crippen LogP contribution in [0.25, 0.3) is 0 Å². The second-order valence-corrected chi connectivity index (χ2v) is 5.83. The molecule has 6 heteroatoms. The van der Waals surface area contributed by atoms with Gasteiger partial charge in [-0.15, -0.1) is 0 Å². The lowest BCUT2D eigenvalue weighted by atomic mass is 10.1. The van der Waals surface area contributed by atoms with E-state index in [0.717, 1.165) is 12.8 Å². The van der Waals surface area contributed by atoms with Crippen LogP contribution in [0.4, 0.5) is 0 Å². The van der Waals surface area contributed by atoms with Gasteiger partial charge in [0.15, 0.2) is 0 Å². The summed E-state index contributed by atoms with van der Waals surface area (Å²) in [6, 6.07) is 3.33. The molecule has 1 aliphatic rings. The third kappa shape index (κ3) is 3.62. The minimum Gasteiger partial charge on any atom is -0.383 e. The average molecular weight is 317 g/mol. The summed E-state index contributed by atoms with van der Waals surface area (Å²) < 4.78 is 5.09. The lowest BCUT2D eigenvalue weighted by Crippen LogP contribution is -2.42. The quantitative estimate of drug-likeness (QED) is 0.756. The molecule has 0 bridgehead atoms. The van der Waals surface area contributed by atoms with Gasteiger partial charge in [-0.3, -0.25) is 4.79 Å². The molecule has 0 spiro atoms. The molecule has 0 N–H and O–H groups in total. The highest BCUT2D eigenvalue weighted by molar-refractivity contribution is 6.34. The van der Waals surface area contributed by atoms with Crippen LogP contribution in [-0.2, 0) is 4.74 Å². The number of halogens is 2. The van der Waals surface area contributed by atoms with Crippen molar-refractivity contribution in [3.8, 4) is 0 Å². The summed E-state index contributed by atoms with van der Waals surface area (Å²) in [5.41, 5.74) is 0.211. The van der Waals surface area contributed by atoms with Crippen LogP contribution in [-0.4, -0.2) is 42.1 Å². The Morgan fingerprint density at radius 1 is 1.50 bits per heavy atom. The molecule has 1 atom stereocenters. The molecule has 1 unspecified atom stereocenters. The van der Waals surface area contributed by atoms with E-state index in [-0.39, 0.29) is 22.8 Å². The predicted molar refractivity (Wildman–Crippen MR) is 79.4 cm³/mol. The molecule has 0 radical (unpaired) electrons. The molecule has 2 rings (SSSR count). The average Bonchev–Trinajstić information content (AvgIpc) is 3.26. The van der Waals surface area contributed by atoms with Gasteiger partial charge in [-0.1, -0.05) is 23.2 Å². The Morgan fingerprint density at radius 3 is 2.80 bits per heavy atom. The molecule has 1 saturated carbocycles. The Balaban J connectivity index is 2.22. The van der Waals surface area contributed by atoms with Crippen LogP contribution in [0.5, 0.6) is 0 Å². The van der Waals surface area contributed by atoms with Gasteiger partial charge >= 0.3 is 0 Å². The van der Waals surface area contributed by atoms with Crippen LogP contribution >= 0.6 is 23.2 Å². The third-order valence-electron chi connectivity index (χ3n) is 3.61. The molecule has 0 aromatic carbocycles. The minimum absolute atomic E-state index is 0.162. The van der Waals surface area contributed by atoms with Crippen LogP contribution in [0.15, 0.2) is 12.1 Å². The fraction of sp³-hybridized carbons (Fsp3) is 0.571. The Hall–Kier alpha value is -0.840. The number of nitrogens with zero attached hydrogens (tertiary/aromatic N) is 2. The molecule has 20 heavy (non-hydrogen) atoms. The largest absolute Gasteiger partial charge is 0.383 e. The van der Waals surface area contributed by atoms with Crippen molar-refractivity contribution in [3.63, 3.8) is 0 Å². The summed E-state index contributed by atoms with van der Waals surface area (Å²) in [5, 5.41) is 0.591. The number of hydrogen-bond acceptors (Lipinski definition) is 3. The van der Waals surface area contributed by atoms with Gasteiger partial charge < -0.3 is 9.64 Å². The highest BCUT2D eigenvalue weighted by atomic mass is 35.5. The predicted octanol–water partition coefficient (Wildman–Crippen LogP) is 3.28. The molecule has 1 aliphatic carbocycles. The van der Waals surface area contributed by atoms with Gasteiger partial charge in [-0.05, 0) is 37.8 Å². The maximum atomic E-state index is 12.7. The highest BCUT2D eigenvalue weighted by Crippen LogP contribution is 2.35. The molecule has 0 saturated heterocycles. The van der Waals surface area contributed by atoms with Gasteiger partial charge in [0.05, 0.1) is 11.6 Å². The first-order valence-corrected chi connectivity index (χ1v) is 7.42. The van der Waals surface area contributed by atoms with Crippen LogP contribution < -0.4 is 0 Å². The summed E-state index contributed by atoms with van der Waals surface area (Å²) >= 11 is 11.9. The molecule has 110 valence electrons. The standard InChI is InChI=1S/C14H18Cl2N2O2/c1-9(10-3-4-10)18(7-8-20-2)14(19)13-11(15)5-6-12(16)17-13/h5-6,9-10H,3-4,7-8H2,1-2H3. The zero-order chi connectivity index (χ0) is 14.7. The van der Waals surface area contributed by atoms with Crippen molar-refractivity contribution >= 4 is 29.1 Å². The number of methoxy groups -OCH3 is 1. The first-order valence-electron chi connectivity index (χ1n) is 6.66. The van der Waals surface area contributed by atoms with E-state index in [9.17, 15) is 4.79 Å². The van der Waals surface area contributed by atoms with Gasteiger partial charge in [-0.25, -0.2) is 4.98 Å². The van der Waals surface area contributed by atoms with Gasteiger partial charge in [0.25, 0.3) is 5.91 Å². The molecule has 1 fully saturated rings. The van der Waals surface area contributed by atoms with Crippen molar-refractivity contribution in [3.05, 3.63) is 28.0 Å². The number of pyridine rings is 1. The fourth-order valence-corrected chi connectivity index (χ4v) is 2.55. The van der Waals surface area contributed by atoms with E-state index in [0.29, 0.717) is 24.1 Å². The molecule has 1 aromatic rings. The Bertz CT molecular complexity index is 492. The Kier molecular flexibility index (Phi) is 5.24. The number of carbonyl (C=O) groups is 1. The van der Waals surface area contributed by atoms with Crippen molar-refractivity contribution in [2.24, 2.45) is 5.92 Å². The van der Waals surface area contributed by atoms with E-state index in [1.165, 1.54) is 0 Å². The first-order chi connectivity index (χ1) is 9.54. The number of ether oxygens (including phenoxy) is 1. The van der Waals surface area contributed by atoms with E-state index in [1.807, 2.05) is 0 Å². The zero-order valence-electron chi connectivity index (χ0n) is 11.6. The smallest absolute Gasteiger partial charge is 0.274 e. The summed E-state index contributed by atoms with van der Waals surface area (Å²) in [6.07, 6.45) is 2.32. The molecule has 4 nitrogen and oxygen atoms in total. The monoisotopic (exact) mass is 316 g/mol. The van der Waals surface area contributed by atoms with Crippen molar-refractivity contribution in [1.82, 2.24) is 9.88 Å². The maximum Gasteiger partial charge on any atom is 0.274 e. The zero-order valence-corrected chi connectivity index (χ0v) is 13.1. The molecule has 1 heterocycles. The number of hydrogen-bond donors (Lipinski definition) is 0. The number of carbonyl (C=O) groups excluding carboxylic acids is 1. The summed E-state index contributed by atoms with van der Waals surface area (Å²) in [7, 11) is 1.62. The van der Waals surface area contributed by atoms with Crippen molar-refractivity contribution in [2.45, 2.75) is 25.8 Å². The normalized spacial score (nSPS) is 16.0. The van der Waals surface area contributed by atoms with Crippen LogP contribution in [0.1, 0.15) is 30.3 Å². The van der Waals surface area contributed by atoms with E-state index in [4.69, 9.17) is 27.9 Å². The second-order valence-electron chi connectivity index (χ2n) is 5.03. The number of aromatic nitrogens is 1. The van der Waals surface area contributed by atoms with Crippen molar-refractivity contribution < 1.29 is 9.53 Å². The first kappa shape index (κ1) is 15.5. The summed E-state index contributed by atoms with van der Waals surface area (Å²) in [6.45, 7) is 3.07. The Morgan fingerprint density at radius 2 is 2.20 bits per heavy atom. The fourth-order valence-electron chi connectivity index (χ4n) is 2.22. The molecule has 1 aromatic heterocycles. The lowest BCUT2D eigenvalue weighted by molar-refractivity contribution is 0.0589. The number of amides is 1. The highest BCUT2D eigenvalue weighted by Gasteiger charge is 2.35. The van der Waals surface area contributed by atoms with E-state index >= 15 is 0 Å². The Labute approximate surface area is 129 Å². The van der Waals surface area contributed by atoms with Gasteiger partial charge in [0, 0.05) is 19.7 Å². The van der Waals surface area contributed by atoms with Gasteiger partial charge in [-0.2, -0.15) is 0 Å². The molecular weight excluding hydrogens is 299 g/mol. The lowest BCUT2D eigenvalue weighted by Gasteiger charge is -2.29. The number of rotatable bonds is 6. The maximum absolute atomic E-state index is 12.7. The summed E-state index contributed by atoms with van der Waals surface area (Å²) in [5.74, 6) is 0.378. The second kappa shape index (κ2) is 6.74. The molecular formula is C14H18Cl2N2O2. The van der Waals surface area contributed by atoms with Crippen LogP contribution in [0, 0.1) is 5.92 Å². The van der Waals surface area contributed by atoms with Crippen LogP contribution in [0.2, 0.25) is 10.2 Å². The minimum atomic E-state index is -0.186. The van der Waals surface area contributed by atoms with Gasteiger partial charge in [0.2, 0.25) is 0 Å².